The molecule has 0 aromatic rings. The average molecular weight is 184 g/mol. The van der Waals surface area contributed by atoms with Crippen LogP contribution in [0.2, 0.25) is 0 Å². The van der Waals surface area contributed by atoms with Crippen molar-refractivity contribution < 1.29 is 14.7 Å². The molecule has 2 heterocycles. The van der Waals surface area contributed by atoms with Gasteiger partial charge in [0.05, 0.1) is 6.04 Å². The summed E-state index contributed by atoms with van der Waals surface area (Å²) in [5.74, 6) is -1.62. The fourth-order valence-electron chi connectivity index (χ4n) is 2.20. The van der Waals surface area contributed by atoms with Crippen molar-refractivity contribution in [3.05, 3.63) is 0 Å². The summed E-state index contributed by atoms with van der Waals surface area (Å²) in [5.41, 5.74) is 3.93. The van der Waals surface area contributed by atoms with Gasteiger partial charge in [-0.2, -0.15) is 0 Å². The predicted molar refractivity (Wildman–Crippen MR) is 43.9 cm³/mol. The Morgan fingerprint density at radius 1 is 1.62 bits per heavy atom. The topological polar surface area (TPSA) is 83.6 Å². The Labute approximate surface area is 75.5 Å². The molecule has 2 aliphatic rings. The SMILES string of the molecule is N[C@@]1(C(=O)O)C(=O)N2CCCC[C@@H]21. The molecule has 5 heteroatoms. The van der Waals surface area contributed by atoms with E-state index in [0.717, 1.165) is 12.8 Å². The molecule has 2 aliphatic heterocycles. The maximum absolute atomic E-state index is 11.4. The number of amides is 1. The lowest BCUT2D eigenvalue weighted by Gasteiger charge is -2.53. The van der Waals surface area contributed by atoms with Gasteiger partial charge in [-0.1, -0.05) is 0 Å². The summed E-state index contributed by atoms with van der Waals surface area (Å²) in [6.45, 7) is 0.662. The van der Waals surface area contributed by atoms with E-state index in [1.165, 1.54) is 0 Å². The molecule has 1 amide bonds. The number of hydrogen-bond acceptors (Lipinski definition) is 3. The minimum Gasteiger partial charge on any atom is -0.479 e. The van der Waals surface area contributed by atoms with Crippen molar-refractivity contribution in [2.75, 3.05) is 6.54 Å². The zero-order valence-electron chi connectivity index (χ0n) is 7.19. The van der Waals surface area contributed by atoms with Crippen LogP contribution in [-0.2, 0) is 9.59 Å². The first-order valence-electron chi connectivity index (χ1n) is 4.42. The number of β-lactam (4-membered cyclic amide) rings is 1. The first kappa shape index (κ1) is 8.50. The van der Waals surface area contributed by atoms with E-state index in [2.05, 4.69) is 0 Å². The van der Waals surface area contributed by atoms with Gasteiger partial charge in [0.1, 0.15) is 0 Å². The molecule has 3 N–H and O–H groups in total. The monoisotopic (exact) mass is 184 g/mol. The van der Waals surface area contributed by atoms with Gasteiger partial charge in [-0.15, -0.1) is 0 Å². The minimum atomic E-state index is -1.62. The molecule has 0 aliphatic carbocycles. The summed E-state index contributed by atoms with van der Waals surface area (Å²) >= 11 is 0. The Morgan fingerprint density at radius 3 is 2.92 bits per heavy atom. The molecular weight excluding hydrogens is 172 g/mol. The van der Waals surface area contributed by atoms with Crippen molar-refractivity contribution in [3.8, 4) is 0 Å². The zero-order valence-corrected chi connectivity index (χ0v) is 7.19. The molecule has 0 aromatic carbocycles. The Bertz CT molecular complexity index is 279. The maximum Gasteiger partial charge on any atom is 0.335 e. The van der Waals surface area contributed by atoms with Crippen molar-refractivity contribution in [1.29, 1.82) is 0 Å². The largest absolute Gasteiger partial charge is 0.479 e. The van der Waals surface area contributed by atoms with Crippen LogP contribution < -0.4 is 5.73 Å². The minimum absolute atomic E-state index is 0.272. The number of hydrogen-bond donors (Lipinski definition) is 2. The number of fused-ring (bicyclic) bond motifs is 1. The smallest absolute Gasteiger partial charge is 0.335 e. The third kappa shape index (κ3) is 0.848. The Balaban J connectivity index is 2.24. The van der Waals surface area contributed by atoms with Crippen LogP contribution in [0.3, 0.4) is 0 Å². The van der Waals surface area contributed by atoms with Crippen LogP contribution >= 0.6 is 0 Å². The molecule has 0 bridgehead atoms. The lowest BCUT2D eigenvalue weighted by Crippen LogP contribution is -2.82. The number of nitrogens with two attached hydrogens (primary N) is 1. The molecule has 13 heavy (non-hydrogen) atoms. The van der Waals surface area contributed by atoms with Crippen molar-refractivity contribution in [3.63, 3.8) is 0 Å². The van der Waals surface area contributed by atoms with Gasteiger partial charge in [-0.25, -0.2) is 4.79 Å². The van der Waals surface area contributed by atoms with Crippen molar-refractivity contribution in [2.24, 2.45) is 5.73 Å². The van der Waals surface area contributed by atoms with Gasteiger partial charge in [0.25, 0.3) is 5.91 Å². The van der Waals surface area contributed by atoms with Crippen LogP contribution in [0.25, 0.3) is 0 Å². The predicted octanol–water partition coefficient (Wildman–Crippen LogP) is -0.837. The second-order valence-electron chi connectivity index (χ2n) is 3.68. The van der Waals surface area contributed by atoms with Crippen LogP contribution in [0.5, 0.6) is 0 Å². The van der Waals surface area contributed by atoms with Gasteiger partial charge in [0.15, 0.2) is 0 Å². The van der Waals surface area contributed by atoms with E-state index in [-0.39, 0.29) is 6.04 Å². The van der Waals surface area contributed by atoms with Gasteiger partial charge in [-0.05, 0) is 19.3 Å². The normalized spacial score (nSPS) is 38.1. The summed E-state index contributed by atoms with van der Waals surface area (Å²) in [5, 5.41) is 8.83. The Kier molecular flexibility index (Phi) is 1.60. The lowest BCUT2D eigenvalue weighted by molar-refractivity contribution is -0.176. The highest BCUT2D eigenvalue weighted by Crippen LogP contribution is 2.35. The van der Waals surface area contributed by atoms with Gasteiger partial charge < -0.3 is 15.7 Å². The molecule has 2 atom stereocenters. The van der Waals surface area contributed by atoms with E-state index in [1.54, 1.807) is 4.90 Å². The number of carboxylic acids is 1. The van der Waals surface area contributed by atoms with E-state index in [4.69, 9.17) is 10.8 Å². The molecule has 2 saturated heterocycles. The molecule has 72 valence electrons. The molecular formula is C8H12N2O3. The third-order valence-electron chi connectivity index (χ3n) is 3.00. The molecule has 0 unspecified atom stereocenters. The van der Waals surface area contributed by atoms with E-state index < -0.39 is 17.4 Å². The van der Waals surface area contributed by atoms with E-state index in [0.29, 0.717) is 13.0 Å². The van der Waals surface area contributed by atoms with Gasteiger partial charge in [-0.3, -0.25) is 4.79 Å². The third-order valence-corrected chi connectivity index (χ3v) is 3.00. The van der Waals surface area contributed by atoms with Crippen LogP contribution in [0.1, 0.15) is 19.3 Å². The molecule has 0 radical (unpaired) electrons. The quantitative estimate of drug-likeness (QED) is 0.411. The van der Waals surface area contributed by atoms with Crippen LogP contribution in [0, 0.1) is 0 Å². The first-order valence-corrected chi connectivity index (χ1v) is 4.42. The van der Waals surface area contributed by atoms with Gasteiger partial charge >= 0.3 is 5.97 Å². The molecule has 0 saturated carbocycles. The molecule has 2 rings (SSSR count). The molecule has 5 nitrogen and oxygen atoms in total. The fraction of sp³-hybridized carbons (Fsp3) is 0.750. The van der Waals surface area contributed by atoms with E-state index in [9.17, 15) is 9.59 Å². The summed E-state index contributed by atoms with van der Waals surface area (Å²) in [6, 6.07) is -0.272. The van der Waals surface area contributed by atoms with Crippen molar-refractivity contribution >= 4 is 11.9 Å². The van der Waals surface area contributed by atoms with Crippen molar-refractivity contribution in [2.45, 2.75) is 30.8 Å². The number of piperidine rings is 1. The zero-order chi connectivity index (χ0) is 9.64. The average Bonchev–Trinajstić information content (AvgIpc) is 2.15. The summed E-state index contributed by atoms with van der Waals surface area (Å²) in [7, 11) is 0. The number of nitrogens with zero attached hydrogens (tertiary/aromatic N) is 1. The number of carboxylic acid groups (broad SMARTS) is 1. The lowest BCUT2D eigenvalue weighted by atomic mass is 9.75. The number of rotatable bonds is 1. The highest BCUT2D eigenvalue weighted by Gasteiger charge is 2.63. The Hall–Kier alpha value is -1.10. The summed E-state index contributed by atoms with van der Waals surface area (Å²) in [4.78, 5) is 23.8. The number of carbonyl (C=O) groups excluding carboxylic acids is 1. The van der Waals surface area contributed by atoms with Crippen LogP contribution in [0.4, 0.5) is 0 Å². The number of aliphatic carboxylic acids is 1. The van der Waals surface area contributed by atoms with Crippen LogP contribution in [0.15, 0.2) is 0 Å². The second kappa shape index (κ2) is 2.45. The van der Waals surface area contributed by atoms with E-state index >= 15 is 0 Å². The molecule has 0 aromatic heterocycles. The highest BCUT2D eigenvalue weighted by molar-refractivity contribution is 6.12. The maximum atomic E-state index is 11.4. The molecule has 2 fully saturated rings. The van der Waals surface area contributed by atoms with Gasteiger partial charge in [0.2, 0.25) is 5.54 Å². The van der Waals surface area contributed by atoms with Crippen LogP contribution in [-0.4, -0.2) is 40.0 Å². The highest BCUT2D eigenvalue weighted by atomic mass is 16.4. The van der Waals surface area contributed by atoms with Gasteiger partial charge in [0, 0.05) is 6.54 Å². The standard InChI is InChI=1S/C8H12N2O3/c9-8(7(12)13)5-3-1-2-4-10(5)6(8)11/h5H,1-4,9H2,(H,12,13)/t5-,8-/m1/s1. The number of carbonyl (C=O) groups is 2. The van der Waals surface area contributed by atoms with E-state index in [1.807, 2.05) is 0 Å². The fourth-order valence-corrected chi connectivity index (χ4v) is 2.20. The van der Waals surface area contributed by atoms with Crippen molar-refractivity contribution in [1.82, 2.24) is 4.90 Å². The summed E-state index contributed by atoms with van der Waals surface area (Å²) in [6.07, 6.45) is 2.63. The Morgan fingerprint density at radius 2 is 2.31 bits per heavy atom. The second-order valence-corrected chi connectivity index (χ2v) is 3.68. The summed E-state index contributed by atoms with van der Waals surface area (Å²) < 4.78 is 0. The molecule has 0 spiro atoms. The first-order chi connectivity index (χ1) is 6.08.